The molecule has 1 atom stereocenters. The van der Waals surface area contributed by atoms with E-state index in [0.29, 0.717) is 33.7 Å². The zero-order chi connectivity index (χ0) is 22.7. The van der Waals surface area contributed by atoms with Crippen molar-refractivity contribution < 1.29 is 9.90 Å². The molecular formula is C23H22N4O3S2. The Kier molecular flexibility index (Phi) is 6.69. The van der Waals surface area contributed by atoms with E-state index < -0.39 is 0 Å². The standard InChI is InChI=1S/C23H22N4O3S2/c1-15(16-8-3-2-4-9-16)27-22(30)18(32-23(27)31)14-17-20(24-11-7-13-28)25-19-10-5-6-12-26(19)21(17)29/h2-6,8-10,12,14-15,24,28H,7,11,13H2,1H3. The van der Waals surface area contributed by atoms with Gasteiger partial charge in [0, 0.05) is 19.3 Å². The lowest BCUT2D eigenvalue weighted by molar-refractivity contribution is -0.123. The van der Waals surface area contributed by atoms with Gasteiger partial charge in [0.2, 0.25) is 0 Å². The Balaban J connectivity index is 1.74. The van der Waals surface area contributed by atoms with Gasteiger partial charge in [0.05, 0.1) is 16.5 Å². The number of thioether (sulfide) groups is 1. The Morgan fingerprint density at radius 1 is 1.19 bits per heavy atom. The highest BCUT2D eigenvalue weighted by atomic mass is 32.2. The number of anilines is 1. The summed E-state index contributed by atoms with van der Waals surface area (Å²) in [4.78, 5) is 33.0. The number of benzene rings is 1. The maximum atomic E-state index is 13.2. The zero-order valence-electron chi connectivity index (χ0n) is 17.4. The Labute approximate surface area is 194 Å². The third-order valence-electron chi connectivity index (χ3n) is 5.16. The van der Waals surface area contributed by atoms with Gasteiger partial charge in [0.1, 0.15) is 15.8 Å². The molecule has 1 aliphatic rings. The number of nitrogens with zero attached hydrogens (tertiary/aromatic N) is 3. The number of aliphatic hydroxyl groups excluding tert-OH is 1. The van der Waals surface area contributed by atoms with Crippen LogP contribution in [-0.4, -0.2) is 42.8 Å². The maximum absolute atomic E-state index is 13.2. The SMILES string of the molecule is CC(c1ccccc1)N1C(=O)C(=Cc2c(NCCCO)nc3ccccn3c2=O)SC1=S. The van der Waals surface area contributed by atoms with Gasteiger partial charge < -0.3 is 10.4 Å². The largest absolute Gasteiger partial charge is 0.396 e. The quantitative estimate of drug-likeness (QED) is 0.313. The van der Waals surface area contributed by atoms with Gasteiger partial charge in [-0.25, -0.2) is 4.98 Å². The van der Waals surface area contributed by atoms with E-state index in [4.69, 9.17) is 17.3 Å². The molecule has 0 radical (unpaired) electrons. The van der Waals surface area contributed by atoms with Gasteiger partial charge in [0.15, 0.2) is 0 Å². The summed E-state index contributed by atoms with van der Waals surface area (Å²) in [5.41, 5.74) is 1.46. The van der Waals surface area contributed by atoms with Crippen LogP contribution in [0.1, 0.15) is 30.5 Å². The van der Waals surface area contributed by atoms with Gasteiger partial charge in [-0.1, -0.05) is 60.4 Å². The molecule has 0 saturated carbocycles. The number of pyridine rings is 1. The van der Waals surface area contributed by atoms with E-state index in [0.717, 1.165) is 5.56 Å². The van der Waals surface area contributed by atoms with Crippen LogP contribution in [0.25, 0.3) is 11.7 Å². The van der Waals surface area contributed by atoms with Crippen LogP contribution >= 0.6 is 24.0 Å². The normalized spacial score (nSPS) is 16.2. The number of hydrogen-bond donors (Lipinski definition) is 2. The number of thiocarbonyl (C=S) groups is 1. The molecule has 32 heavy (non-hydrogen) atoms. The Morgan fingerprint density at radius 3 is 2.69 bits per heavy atom. The van der Waals surface area contributed by atoms with E-state index in [1.807, 2.05) is 37.3 Å². The second kappa shape index (κ2) is 9.64. The van der Waals surface area contributed by atoms with Gasteiger partial charge in [-0.3, -0.25) is 18.9 Å². The molecule has 3 heterocycles. The highest BCUT2D eigenvalue weighted by molar-refractivity contribution is 8.26. The summed E-state index contributed by atoms with van der Waals surface area (Å²) < 4.78 is 1.89. The molecular weight excluding hydrogens is 444 g/mol. The molecule has 2 N–H and O–H groups in total. The molecule has 1 aliphatic heterocycles. The van der Waals surface area contributed by atoms with E-state index in [1.54, 1.807) is 35.4 Å². The number of rotatable bonds is 7. The molecule has 7 nitrogen and oxygen atoms in total. The molecule has 3 aromatic rings. The summed E-state index contributed by atoms with van der Waals surface area (Å²) in [6.45, 7) is 2.39. The molecule has 2 aromatic heterocycles. The minimum atomic E-state index is -0.288. The highest BCUT2D eigenvalue weighted by Crippen LogP contribution is 2.38. The van der Waals surface area contributed by atoms with E-state index in [1.165, 1.54) is 16.2 Å². The fraction of sp³-hybridized carbons (Fsp3) is 0.217. The molecule has 1 aromatic carbocycles. The van der Waals surface area contributed by atoms with Gasteiger partial charge in [-0.2, -0.15) is 0 Å². The Bertz CT molecular complexity index is 1260. The second-order valence-corrected chi connectivity index (χ2v) is 8.93. The van der Waals surface area contributed by atoms with Crippen molar-refractivity contribution in [2.45, 2.75) is 19.4 Å². The van der Waals surface area contributed by atoms with Crippen molar-refractivity contribution >= 4 is 51.7 Å². The topological polar surface area (TPSA) is 86.9 Å². The molecule has 1 unspecified atom stereocenters. The number of carbonyl (C=O) groups is 1. The predicted molar refractivity (Wildman–Crippen MR) is 132 cm³/mol. The zero-order valence-corrected chi connectivity index (χ0v) is 19.0. The number of amides is 1. The van der Waals surface area contributed by atoms with Crippen LogP contribution in [0, 0.1) is 0 Å². The van der Waals surface area contributed by atoms with Crippen LogP contribution in [-0.2, 0) is 4.79 Å². The first-order valence-corrected chi connectivity index (χ1v) is 11.4. The van der Waals surface area contributed by atoms with Crippen LogP contribution < -0.4 is 10.9 Å². The van der Waals surface area contributed by atoms with Crippen LogP contribution in [0.3, 0.4) is 0 Å². The Hall–Kier alpha value is -3.01. The molecule has 1 fully saturated rings. The first-order chi connectivity index (χ1) is 15.5. The molecule has 4 rings (SSSR count). The van der Waals surface area contributed by atoms with Gasteiger partial charge in [-0.05, 0) is 37.1 Å². The summed E-state index contributed by atoms with van der Waals surface area (Å²) in [5, 5.41) is 12.2. The van der Waals surface area contributed by atoms with Crippen molar-refractivity contribution in [2.24, 2.45) is 0 Å². The molecule has 1 saturated heterocycles. The number of hydrogen-bond acceptors (Lipinski definition) is 7. The van der Waals surface area contributed by atoms with Crippen LogP contribution in [0.15, 0.2) is 64.4 Å². The van der Waals surface area contributed by atoms with Gasteiger partial charge in [0.25, 0.3) is 11.5 Å². The number of carbonyl (C=O) groups excluding carboxylic acids is 1. The highest BCUT2D eigenvalue weighted by Gasteiger charge is 2.36. The van der Waals surface area contributed by atoms with E-state index >= 15 is 0 Å². The summed E-state index contributed by atoms with van der Waals surface area (Å²) in [7, 11) is 0. The summed E-state index contributed by atoms with van der Waals surface area (Å²) in [5.74, 6) is 0.131. The van der Waals surface area contributed by atoms with Crippen molar-refractivity contribution in [1.82, 2.24) is 14.3 Å². The van der Waals surface area contributed by atoms with Gasteiger partial charge >= 0.3 is 0 Å². The first-order valence-electron chi connectivity index (χ1n) is 10.2. The smallest absolute Gasteiger partial charge is 0.267 e. The van der Waals surface area contributed by atoms with Crippen molar-refractivity contribution in [1.29, 1.82) is 0 Å². The van der Waals surface area contributed by atoms with E-state index in [2.05, 4.69) is 10.3 Å². The maximum Gasteiger partial charge on any atom is 0.267 e. The van der Waals surface area contributed by atoms with E-state index in [-0.39, 0.29) is 29.7 Å². The average Bonchev–Trinajstić information content (AvgIpc) is 3.09. The van der Waals surface area contributed by atoms with Crippen molar-refractivity contribution in [3.05, 3.63) is 81.1 Å². The van der Waals surface area contributed by atoms with Gasteiger partial charge in [-0.15, -0.1) is 0 Å². The van der Waals surface area contributed by atoms with Crippen molar-refractivity contribution in [3.63, 3.8) is 0 Å². The van der Waals surface area contributed by atoms with Crippen molar-refractivity contribution in [3.8, 4) is 0 Å². The second-order valence-electron chi connectivity index (χ2n) is 7.25. The summed E-state index contributed by atoms with van der Waals surface area (Å²) in [6, 6.07) is 14.7. The first kappa shape index (κ1) is 22.2. The minimum Gasteiger partial charge on any atom is -0.396 e. The predicted octanol–water partition coefficient (Wildman–Crippen LogP) is 3.45. The third-order valence-corrected chi connectivity index (χ3v) is 6.50. The van der Waals surface area contributed by atoms with Crippen LogP contribution in [0.5, 0.6) is 0 Å². The Morgan fingerprint density at radius 2 is 1.94 bits per heavy atom. The minimum absolute atomic E-state index is 0.0188. The van der Waals surface area contributed by atoms with E-state index in [9.17, 15) is 9.59 Å². The molecule has 0 spiro atoms. The molecule has 9 heteroatoms. The number of fused-ring (bicyclic) bond motifs is 1. The molecule has 164 valence electrons. The lowest BCUT2D eigenvalue weighted by atomic mass is 10.1. The molecule has 0 bridgehead atoms. The lowest BCUT2D eigenvalue weighted by Crippen LogP contribution is -2.31. The van der Waals surface area contributed by atoms with Crippen molar-refractivity contribution in [2.75, 3.05) is 18.5 Å². The average molecular weight is 467 g/mol. The number of nitrogens with one attached hydrogen (secondary N) is 1. The van der Waals surface area contributed by atoms with Crippen LogP contribution in [0.2, 0.25) is 0 Å². The lowest BCUT2D eigenvalue weighted by Gasteiger charge is -2.23. The third kappa shape index (κ3) is 4.32. The van der Waals surface area contributed by atoms with Crippen LogP contribution in [0.4, 0.5) is 5.82 Å². The number of aromatic nitrogens is 2. The monoisotopic (exact) mass is 466 g/mol. The summed E-state index contributed by atoms with van der Waals surface area (Å²) >= 11 is 6.68. The summed E-state index contributed by atoms with van der Waals surface area (Å²) in [6.07, 6.45) is 3.71. The molecule has 0 aliphatic carbocycles. The fourth-order valence-electron chi connectivity index (χ4n) is 3.48. The molecule has 1 amide bonds. The fourth-order valence-corrected chi connectivity index (χ4v) is 4.88. The number of aliphatic hydroxyl groups is 1.